The van der Waals surface area contributed by atoms with Crippen molar-refractivity contribution in [3.8, 4) is 0 Å². The van der Waals surface area contributed by atoms with Gasteiger partial charge in [0.15, 0.2) is 12.6 Å². The van der Waals surface area contributed by atoms with Crippen LogP contribution in [0.5, 0.6) is 0 Å². The minimum absolute atomic E-state index is 0.857. The van der Waals surface area contributed by atoms with Crippen LogP contribution in [0.2, 0.25) is 0 Å². The van der Waals surface area contributed by atoms with Gasteiger partial charge in [0.05, 0.1) is 13.2 Å². The van der Waals surface area contributed by atoms with Gasteiger partial charge in [0, 0.05) is 0 Å². The van der Waals surface area contributed by atoms with Crippen LogP contribution >= 0.6 is 15.6 Å². The molecule has 2 rings (SSSR count). The van der Waals surface area contributed by atoms with Crippen molar-refractivity contribution in [3.63, 3.8) is 0 Å². The molecule has 0 radical (unpaired) electrons. The van der Waals surface area contributed by atoms with Crippen LogP contribution in [0, 0.1) is 0 Å². The third-order valence-electron chi connectivity index (χ3n) is 4.44. The number of hydrogen-bond acceptors (Lipinski definition) is 13. The van der Waals surface area contributed by atoms with Crippen molar-refractivity contribution in [2.75, 3.05) is 13.2 Å². The number of aliphatic hydroxyl groups is 6. The maximum atomic E-state index is 11.3. The zero-order valence-corrected chi connectivity index (χ0v) is 17.2. The molecule has 0 aliphatic carbocycles. The van der Waals surface area contributed by atoms with E-state index >= 15 is 0 Å². The van der Waals surface area contributed by atoms with Crippen LogP contribution in [0.4, 0.5) is 0 Å². The zero-order chi connectivity index (χ0) is 23.7. The second-order valence-corrected chi connectivity index (χ2v) is 9.05. The standard InChI is InChI=1S/C12H24O17P2/c13-1-3-8(5(15)6(16)11(18)25-3)27-12-7(17)10(29-31(22,23)24)9(4(2-14)26-12)28-30(19,20)21/h3-18H,1-2H2,(H2,19,20,21)(H2,22,23,24)/t3-,4-,5-,6-,7-,8-,9+,10-,11-,12+/m1/s1. The van der Waals surface area contributed by atoms with Crippen molar-refractivity contribution in [2.24, 2.45) is 0 Å². The average Bonchev–Trinajstić information content (AvgIpc) is 2.64. The van der Waals surface area contributed by atoms with E-state index in [1.165, 1.54) is 0 Å². The Balaban J connectivity index is 2.32. The summed E-state index contributed by atoms with van der Waals surface area (Å²) in [4.78, 5) is 36.2. The summed E-state index contributed by atoms with van der Waals surface area (Å²) in [6, 6.07) is 0. The molecule has 184 valence electrons. The van der Waals surface area contributed by atoms with E-state index in [9.17, 15) is 39.8 Å². The quantitative estimate of drug-likeness (QED) is 0.139. The highest BCUT2D eigenvalue weighted by atomic mass is 31.2. The van der Waals surface area contributed by atoms with Crippen LogP contribution < -0.4 is 0 Å². The molecule has 0 aromatic carbocycles. The lowest BCUT2D eigenvalue weighted by molar-refractivity contribution is -0.353. The van der Waals surface area contributed by atoms with Crippen molar-refractivity contribution < 1.29 is 82.6 Å². The number of phosphoric acid groups is 2. The molecule has 2 heterocycles. The first-order valence-corrected chi connectivity index (χ1v) is 11.6. The molecule has 0 unspecified atom stereocenters. The molecule has 2 fully saturated rings. The Kier molecular flexibility index (Phi) is 9.11. The highest BCUT2D eigenvalue weighted by molar-refractivity contribution is 7.46. The zero-order valence-electron chi connectivity index (χ0n) is 15.4. The Hall–Kier alpha value is -0.140. The summed E-state index contributed by atoms with van der Waals surface area (Å²) in [5.74, 6) is 0. The largest absolute Gasteiger partial charge is 0.470 e. The van der Waals surface area contributed by atoms with Crippen LogP contribution in [0.3, 0.4) is 0 Å². The lowest BCUT2D eigenvalue weighted by Gasteiger charge is -2.46. The first-order chi connectivity index (χ1) is 14.2. The van der Waals surface area contributed by atoms with Gasteiger partial charge in [-0.15, -0.1) is 0 Å². The van der Waals surface area contributed by atoms with Crippen molar-refractivity contribution in [1.82, 2.24) is 0 Å². The maximum Gasteiger partial charge on any atom is 0.470 e. The third-order valence-corrected chi connectivity index (χ3v) is 5.48. The minimum Gasteiger partial charge on any atom is -0.394 e. The molecule has 0 aromatic heterocycles. The SMILES string of the molecule is O=P(O)(O)O[C@@H]1[C@@H](O)[C@H](O[C@H]2[C@H](O)[C@@H](O)[C@H](O)O[C@@H]2CO)O[C@H](CO)[C@@H]1OP(=O)(O)O. The molecule has 0 saturated carbocycles. The van der Waals surface area contributed by atoms with Crippen LogP contribution in [-0.4, -0.2) is 125 Å². The van der Waals surface area contributed by atoms with Gasteiger partial charge in [0.2, 0.25) is 0 Å². The molecule has 0 aromatic rings. The van der Waals surface area contributed by atoms with Gasteiger partial charge in [-0.25, -0.2) is 9.13 Å². The molecular weight excluding hydrogens is 478 g/mol. The molecule has 0 amide bonds. The fourth-order valence-corrected chi connectivity index (χ4v) is 4.24. The number of rotatable bonds is 8. The summed E-state index contributed by atoms with van der Waals surface area (Å²) >= 11 is 0. The monoisotopic (exact) mass is 502 g/mol. The van der Waals surface area contributed by atoms with Gasteiger partial charge in [-0.05, 0) is 0 Å². The molecule has 2 saturated heterocycles. The predicted octanol–water partition coefficient (Wildman–Crippen LogP) is -5.16. The summed E-state index contributed by atoms with van der Waals surface area (Å²) < 4.78 is 46.5. The van der Waals surface area contributed by atoms with Crippen LogP contribution in [0.25, 0.3) is 0 Å². The highest BCUT2D eigenvalue weighted by Gasteiger charge is 2.54. The smallest absolute Gasteiger partial charge is 0.394 e. The molecule has 0 bridgehead atoms. The average molecular weight is 502 g/mol. The predicted molar refractivity (Wildman–Crippen MR) is 90.4 cm³/mol. The minimum atomic E-state index is -5.40. The number of ether oxygens (including phenoxy) is 3. The van der Waals surface area contributed by atoms with Gasteiger partial charge in [-0.1, -0.05) is 0 Å². The van der Waals surface area contributed by atoms with E-state index in [-0.39, 0.29) is 0 Å². The second kappa shape index (κ2) is 10.4. The molecule has 10 atom stereocenters. The van der Waals surface area contributed by atoms with Crippen molar-refractivity contribution in [3.05, 3.63) is 0 Å². The van der Waals surface area contributed by atoms with Crippen LogP contribution in [0.15, 0.2) is 0 Å². The Bertz CT molecular complexity index is 678. The van der Waals surface area contributed by atoms with Crippen LogP contribution in [0.1, 0.15) is 0 Å². The number of phosphoric ester groups is 2. The second-order valence-electron chi connectivity index (χ2n) is 6.67. The lowest BCUT2D eigenvalue weighted by Crippen LogP contribution is -2.65. The van der Waals surface area contributed by atoms with E-state index in [2.05, 4.69) is 9.05 Å². The van der Waals surface area contributed by atoms with E-state index in [1.54, 1.807) is 0 Å². The fourth-order valence-electron chi connectivity index (χ4n) is 3.11. The van der Waals surface area contributed by atoms with Gasteiger partial charge < -0.3 is 64.4 Å². The normalized spacial score (nSPS) is 42.5. The maximum absolute atomic E-state index is 11.3. The first kappa shape index (κ1) is 27.1. The Morgan fingerprint density at radius 3 is 1.65 bits per heavy atom. The Labute approximate surface area is 173 Å². The van der Waals surface area contributed by atoms with E-state index in [4.69, 9.17) is 33.8 Å². The summed E-state index contributed by atoms with van der Waals surface area (Å²) in [5, 5.41) is 58.6. The molecule has 19 heteroatoms. The summed E-state index contributed by atoms with van der Waals surface area (Å²) in [6.45, 7) is -1.92. The molecule has 10 N–H and O–H groups in total. The van der Waals surface area contributed by atoms with E-state index in [0.717, 1.165) is 0 Å². The summed E-state index contributed by atoms with van der Waals surface area (Å²) in [5.41, 5.74) is 0. The van der Waals surface area contributed by atoms with Gasteiger partial charge in [0.25, 0.3) is 0 Å². The molecule has 2 aliphatic rings. The van der Waals surface area contributed by atoms with Crippen molar-refractivity contribution >= 4 is 15.6 Å². The van der Waals surface area contributed by atoms with Gasteiger partial charge >= 0.3 is 15.6 Å². The molecule has 2 aliphatic heterocycles. The van der Waals surface area contributed by atoms with Crippen molar-refractivity contribution in [1.29, 1.82) is 0 Å². The van der Waals surface area contributed by atoms with Gasteiger partial charge in [0.1, 0.15) is 48.8 Å². The lowest BCUT2D eigenvalue weighted by atomic mass is 9.97. The number of aliphatic hydroxyl groups excluding tert-OH is 6. The Morgan fingerprint density at radius 1 is 0.677 bits per heavy atom. The van der Waals surface area contributed by atoms with E-state index < -0.39 is 90.3 Å². The third kappa shape index (κ3) is 6.92. The molecule has 17 nitrogen and oxygen atoms in total. The first-order valence-electron chi connectivity index (χ1n) is 8.56. The van der Waals surface area contributed by atoms with Crippen LogP contribution in [-0.2, 0) is 32.4 Å². The van der Waals surface area contributed by atoms with Gasteiger partial charge in [-0.3, -0.25) is 9.05 Å². The fraction of sp³-hybridized carbons (Fsp3) is 1.00. The molecule has 31 heavy (non-hydrogen) atoms. The highest BCUT2D eigenvalue weighted by Crippen LogP contribution is 2.47. The van der Waals surface area contributed by atoms with Crippen molar-refractivity contribution in [2.45, 2.75) is 61.4 Å². The van der Waals surface area contributed by atoms with E-state index in [0.29, 0.717) is 0 Å². The number of hydrogen-bond donors (Lipinski definition) is 10. The molecular formula is C12H24O17P2. The molecule has 0 spiro atoms. The van der Waals surface area contributed by atoms with E-state index in [1.807, 2.05) is 0 Å². The summed E-state index contributed by atoms with van der Waals surface area (Å²) in [7, 11) is -10.7. The summed E-state index contributed by atoms with van der Waals surface area (Å²) in [6.07, 6.45) is -19.2. The Morgan fingerprint density at radius 2 is 1.16 bits per heavy atom. The van der Waals surface area contributed by atoms with Gasteiger partial charge in [-0.2, -0.15) is 0 Å². The topological polar surface area (TPSA) is 283 Å².